The van der Waals surface area contributed by atoms with Gasteiger partial charge in [0.05, 0.1) is 5.69 Å². The zero-order chi connectivity index (χ0) is 22.1. The van der Waals surface area contributed by atoms with Crippen LogP contribution in [0.2, 0.25) is 0 Å². The van der Waals surface area contributed by atoms with Crippen LogP contribution >= 0.6 is 0 Å². The van der Waals surface area contributed by atoms with E-state index in [0.717, 1.165) is 23.0 Å². The number of nitrogens with one attached hydrogen (secondary N) is 2. The molecule has 0 aliphatic heterocycles. The summed E-state index contributed by atoms with van der Waals surface area (Å²) in [6, 6.07) is 21.7. The summed E-state index contributed by atoms with van der Waals surface area (Å²) in [6.07, 6.45) is 4.18. The molecule has 3 N–H and O–H groups in total. The van der Waals surface area contributed by atoms with E-state index in [1.165, 1.54) is 0 Å². The summed E-state index contributed by atoms with van der Waals surface area (Å²) in [7, 11) is 0. The van der Waals surface area contributed by atoms with Gasteiger partial charge in [-0.15, -0.1) is 0 Å². The van der Waals surface area contributed by atoms with E-state index in [2.05, 4.69) is 10.6 Å². The molecule has 0 atom stereocenters. The third-order valence-corrected chi connectivity index (χ3v) is 4.55. The Morgan fingerprint density at radius 1 is 0.871 bits per heavy atom. The number of hydrogen-bond acceptors (Lipinski definition) is 3. The standard InChI is InChI=1S/C25H22N2O4/c28-17-19-10-13-21(14-11-19)26-24(29)9-5-4-6-18-12-15-22(20-7-2-1-3-8-20)23(16-18)27-25(30)31/h1-4,6-8,10-17,27H,5,9H2,(H,26,29)(H,30,31)/b6-4+. The average Bonchev–Trinajstić information content (AvgIpc) is 2.77. The van der Waals surface area contributed by atoms with Gasteiger partial charge in [-0.05, 0) is 47.9 Å². The highest BCUT2D eigenvalue weighted by molar-refractivity contribution is 5.92. The first-order valence-electron chi connectivity index (χ1n) is 9.76. The van der Waals surface area contributed by atoms with Crippen molar-refractivity contribution in [3.63, 3.8) is 0 Å². The van der Waals surface area contributed by atoms with Gasteiger partial charge in [-0.2, -0.15) is 0 Å². The van der Waals surface area contributed by atoms with Crippen molar-refractivity contribution in [2.75, 3.05) is 10.6 Å². The van der Waals surface area contributed by atoms with Crippen LogP contribution in [0.15, 0.2) is 78.9 Å². The topological polar surface area (TPSA) is 95.5 Å². The summed E-state index contributed by atoms with van der Waals surface area (Å²) in [5.74, 6) is -0.129. The molecule has 0 fully saturated rings. The molecule has 156 valence electrons. The van der Waals surface area contributed by atoms with E-state index >= 15 is 0 Å². The fraction of sp³-hybridized carbons (Fsp3) is 0.0800. The lowest BCUT2D eigenvalue weighted by Crippen LogP contribution is -2.10. The van der Waals surface area contributed by atoms with E-state index in [0.29, 0.717) is 29.8 Å². The van der Waals surface area contributed by atoms with E-state index in [1.807, 2.05) is 54.6 Å². The number of benzene rings is 3. The SMILES string of the molecule is O=Cc1ccc(NC(=O)CC/C=C/c2ccc(-c3ccccc3)c(NC(=O)O)c2)cc1. The van der Waals surface area contributed by atoms with Crippen LogP contribution < -0.4 is 10.6 Å². The molecule has 3 aromatic rings. The second kappa shape index (κ2) is 10.5. The highest BCUT2D eigenvalue weighted by Crippen LogP contribution is 2.29. The predicted molar refractivity (Wildman–Crippen MR) is 122 cm³/mol. The van der Waals surface area contributed by atoms with Gasteiger partial charge in [-0.3, -0.25) is 14.9 Å². The largest absolute Gasteiger partial charge is 0.465 e. The number of aldehydes is 1. The van der Waals surface area contributed by atoms with Crippen molar-refractivity contribution < 1.29 is 19.5 Å². The van der Waals surface area contributed by atoms with Crippen LogP contribution in [-0.4, -0.2) is 23.4 Å². The number of amides is 2. The molecule has 0 aromatic heterocycles. The van der Waals surface area contributed by atoms with Crippen LogP contribution in [0.3, 0.4) is 0 Å². The van der Waals surface area contributed by atoms with Crippen molar-refractivity contribution in [3.05, 3.63) is 90.0 Å². The maximum absolute atomic E-state index is 12.1. The second-order valence-corrected chi connectivity index (χ2v) is 6.83. The number of carbonyl (C=O) groups excluding carboxylic acids is 2. The minimum absolute atomic E-state index is 0.129. The second-order valence-electron chi connectivity index (χ2n) is 6.83. The molecule has 2 amide bonds. The summed E-state index contributed by atoms with van der Waals surface area (Å²) < 4.78 is 0. The van der Waals surface area contributed by atoms with Crippen LogP contribution in [0.25, 0.3) is 17.2 Å². The van der Waals surface area contributed by atoms with Crippen LogP contribution in [0, 0.1) is 0 Å². The van der Waals surface area contributed by atoms with Crippen molar-refractivity contribution in [3.8, 4) is 11.1 Å². The minimum Gasteiger partial charge on any atom is -0.465 e. The highest BCUT2D eigenvalue weighted by atomic mass is 16.4. The Morgan fingerprint density at radius 2 is 1.58 bits per heavy atom. The lowest BCUT2D eigenvalue weighted by Gasteiger charge is -2.10. The normalized spacial score (nSPS) is 10.6. The summed E-state index contributed by atoms with van der Waals surface area (Å²) >= 11 is 0. The third kappa shape index (κ3) is 6.40. The van der Waals surface area contributed by atoms with Crippen molar-refractivity contribution >= 4 is 35.7 Å². The molecule has 0 radical (unpaired) electrons. The Hall–Kier alpha value is -4.19. The molecule has 6 heteroatoms. The monoisotopic (exact) mass is 414 g/mol. The third-order valence-electron chi connectivity index (χ3n) is 4.55. The molecule has 0 bridgehead atoms. The van der Waals surface area contributed by atoms with E-state index in [1.54, 1.807) is 30.3 Å². The van der Waals surface area contributed by atoms with Crippen molar-refractivity contribution in [2.45, 2.75) is 12.8 Å². The van der Waals surface area contributed by atoms with Crippen LogP contribution in [0.4, 0.5) is 16.2 Å². The maximum atomic E-state index is 12.1. The molecule has 0 aliphatic rings. The Labute approximate surface area is 180 Å². The van der Waals surface area contributed by atoms with Crippen LogP contribution in [-0.2, 0) is 4.79 Å². The molecule has 0 unspecified atom stereocenters. The zero-order valence-electron chi connectivity index (χ0n) is 16.7. The van der Waals surface area contributed by atoms with E-state index in [9.17, 15) is 14.4 Å². The van der Waals surface area contributed by atoms with E-state index in [-0.39, 0.29) is 5.91 Å². The number of rotatable bonds is 8. The summed E-state index contributed by atoms with van der Waals surface area (Å²) in [5, 5.41) is 14.4. The van der Waals surface area contributed by atoms with Gasteiger partial charge >= 0.3 is 6.09 Å². The fourth-order valence-corrected chi connectivity index (χ4v) is 3.06. The van der Waals surface area contributed by atoms with Crippen LogP contribution in [0.1, 0.15) is 28.8 Å². The number of hydrogen-bond donors (Lipinski definition) is 3. The average molecular weight is 414 g/mol. The van der Waals surface area contributed by atoms with Gasteiger partial charge in [0, 0.05) is 23.2 Å². The molecular weight excluding hydrogens is 392 g/mol. The molecule has 0 saturated heterocycles. The van der Waals surface area contributed by atoms with Gasteiger partial charge < -0.3 is 10.4 Å². The minimum atomic E-state index is -1.13. The first-order valence-corrected chi connectivity index (χ1v) is 9.76. The number of carbonyl (C=O) groups is 3. The van der Waals surface area contributed by atoms with Crippen molar-refractivity contribution in [1.29, 1.82) is 0 Å². The number of anilines is 2. The lowest BCUT2D eigenvalue weighted by molar-refractivity contribution is -0.116. The smallest absolute Gasteiger partial charge is 0.409 e. The Kier molecular flexibility index (Phi) is 7.32. The van der Waals surface area contributed by atoms with Crippen LogP contribution in [0.5, 0.6) is 0 Å². The molecule has 0 spiro atoms. The van der Waals surface area contributed by atoms with Gasteiger partial charge in [-0.1, -0.05) is 54.6 Å². The Bertz CT molecular complexity index is 1090. The van der Waals surface area contributed by atoms with E-state index in [4.69, 9.17) is 5.11 Å². The Morgan fingerprint density at radius 3 is 2.26 bits per heavy atom. The van der Waals surface area contributed by atoms with Gasteiger partial charge in [0.1, 0.15) is 6.29 Å². The lowest BCUT2D eigenvalue weighted by atomic mass is 10.0. The molecule has 3 aromatic carbocycles. The first-order chi connectivity index (χ1) is 15.0. The number of carboxylic acid groups (broad SMARTS) is 1. The molecular formula is C25H22N2O4. The molecule has 3 rings (SSSR count). The molecule has 0 aliphatic carbocycles. The van der Waals surface area contributed by atoms with Crippen molar-refractivity contribution in [2.24, 2.45) is 0 Å². The molecule has 31 heavy (non-hydrogen) atoms. The van der Waals surface area contributed by atoms with Gasteiger partial charge in [0.2, 0.25) is 5.91 Å². The fourth-order valence-electron chi connectivity index (χ4n) is 3.06. The molecule has 0 saturated carbocycles. The predicted octanol–water partition coefficient (Wildman–Crippen LogP) is 5.69. The summed E-state index contributed by atoms with van der Waals surface area (Å²) in [4.78, 5) is 33.9. The van der Waals surface area contributed by atoms with E-state index < -0.39 is 6.09 Å². The first kappa shape index (κ1) is 21.5. The van der Waals surface area contributed by atoms with Gasteiger partial charge in [0.15, 0.2) is 0 Å². The Balaban J connectivity index is 1.61. The van der Waals surface area contributed by atoms with Gasteiger partial charge in [0.25, 0.3) is 0 Å². The van der Waals surface area contributed by atoms with Gasteiger partial charge in [-0.25, -0.2) is 4.79 Å². The summed E-state index contributed by atoms with van der Waals surface area (Å²) in [6.45, 7) is 0. The highest BCUT2D eigenvalue weighted by Gasteiger charge is 2.08. The van der Waals surface area contributed by atoms with Crippen molar-refractivity contribution in [1.82, 2.24) is 0 Å². The maximum Gasteiger partial charge on any atom is 0.409 e. The summed E-state index contributed by atoms with van der Waals surface area (Å²) in [5.41, 5.74) is 4.22. The zero-order valence-corrected chi connectivity index (χ0v) is 16.7. The molecule has 0 heterocycles. The quantitative estimate of drug-likeness (QED) is 0.413. The number of allylic oxidation sites excluding steroid dienone is 1. The molecule has 6 nitrogen and oxygen atoms in total.